The molecule has 0 amide bonds. The molecule has 1 rings (SSSR count). The quantitative estimate of drug-likeness (QED) is 0.804. The average molecular weight is 282 g/mol. The minimum Gasteiger partial charge on any atom is -0.330 e. The van der Waals surface area contributed by atoms with Crippen LogP contribution in [-0.2, 0) is 0 Å². The van der Waals surface area contributed by atoms with Crippen molar-refractivity contribution in [2.75, 3.05) is 6.54 Å². The second kappa shape index (κ2) is 6.87. The van der Waals surface area contributed by atoms with Crippen LogP contribution in [0.25, 0.3) is 5.57 Å². The van der Waals surface area contributed by atoms with E-state index in [9.17, 15) is 0 Å². The Morgan fingerprint density at radius 2 is 1.94 bits per heavy atom. The van der Waals surface area contributed by atoms with Crippen LogP contribution in [0.5, 0.6) is 0 Å². The summed E-state index contributed by atoms with van der Waals surface area (Å²) >= 11 is 3.46. The number of benzene rings is 1. The maximum absolute atomic E-state index is 5.51. The molecular formula is C14H20BrN. The average Bonchev–Trinajstić information content (AvgIpc) is 2.26. The van der Waals surface area contributed by atoms with Crippen molar-refractivity contribution in [1.29, 1.82) is 0 Å². The Labute approximate surface area is 107 Å². The van der Waals surface area contributed by atoms with E-state index in [4.69, 9.17) is 5.73 Å². The van der Waals surface area contributed by atoms with Gasteiger partial charge in [-0.25, -0.2) is 0 Å². The molecule has 1 nitrogen and oxygen atoms in total. The third kappa shape index (κ3) is 4.11. The number of nitrogens with two attached hydrogens (primary N) is 1. The topological polar surface area (TPSA) is 26.0 Å². The fraction of sp³-hybridized carbons (Fsp3) is 0.429. The first-order valence-electron chi connectivity index (χ1n) is 5.81. The van der Waals surface area contributed by atoms with Gasteiger partial charge in [-0.1, -0.05) is 48.0 Å². The second-order valence-electron chi connectivity index (χ2n) is 4.25. The molecule has 0 heterocycles. The van der Waals surface area contributed by atoms with Crippen LogP contribution in [0.4, 0.5) is 0 Å². The van der Waals surface area contributed by atoms with Gasteiger partial charge in [0.2, 0.25) is 0 Å². The first-order valence-corrected chi connectivity index (χ1v) is 6.60. The number of hydrogen-bond donors (Lipinski definition) is 1. The Balaban J connectivity index is 2.85. The lowest BCUT2D eigenvalue weighted by atomic mass is 9.94. The van der Waals surface area contributed by atoms with E-state index in [1.54, 1.807) is 0 Å². The summed E-state index contributed by atoms with van der Waals surface area (Å²) in [6.45, 7) is 5.23. The zero-order valence-corrected chi connectivity index (χ0v) is 11.6. The van der Waals surface area contributed by atoms with E-state index >= 15 is 0 Å². The molecule has 0 aliphatic carbocycles. The van der Waals surface area contributed by atoms with Crippen LogP contribution in [0.2, 0.25) is 0 Å². The molecule has 0 aliphatic heterocycles. The van der Waals surface area contributed by atoms with Crippen molar-refractivity contribution in [3.8, 4) is 0 Å². The highest BCUT2D eigenvalue weighted by atomic mass is 79.9. The zero-order chi connectivity index (χ0) is 12.0. The van der Waals surface area contributed by atoms with Gasteiger partial charge in [-0.2, -0.15) is 0 Å². The molecule has 0 bridgehead atoms. The van der Waals surface area contributed by atoms with Crippen molar-refractivity contribution < 1.29 is 0 Å². The third-order valence-corrected chi connectivity index (χ3v) is 3.10. The smallest absolute Gasteiger partial charge is 0.0175 e. The molecular weight excluding hydrogens is 262 g/mol. The van der Waals surface area contributed by atoms with Gasteiger partial charge in [0.25, 0.3) is 0 Å². The maximum atomic E-state index is 5.51. The summed E-state index contributed by atoms with van der Waals surface area (Å²) in [5.41, 5.74) is 8.25. The van der Waals surface area contributed by atoms with E-state index in [-0.39, 0.29) is 0 Å². The lowest BCUT2D eigenvalue weighted by Crippen LogP contribution is -1.98. The lowest BCUT2D eigenvalue weighted by molar-refractivity contribution is 0.824. The normalized spacial score (nSPS) is 12.2. The summed E-state index contributed by atoms with van der Waals surface area (Å²) in [5, 5.41) is 0. The van der Waals surface area contributed by atoms with Crippen LogP contribution in [0.3, 0.4) is 0 Å². The first-order chi connectivity index (χ1) is 7.65. The molecule has 0 spiro atoms. The highest BCUT2D eigenvalue weighted by Crippen LogP contribution is 2.25. The van der Waals surface area contributed by atoms with Crippen LogP contribution >= 0.6 is 15.9 Å². The summed E-state index contributed by atoms with van der Waals surface area (Å²) < 4.78 is 1.13. The number of rotatable bonds is 5. The van der Waals surface area contributed by atoms with Crippen LogP contribution in [0.15, 0.2) is 34.8 Å². The molecule has 2 heteroatoms. The summed E-state index contributed by atoms with van der Waals surface area (Å²) in [6, 6.07) is 8.51. The Hall–Kier alpha value is -0.600. The molecule has 1 aromatic carbocycles. The zero-order valence-electron chi connectivity index (χ0n) is 10.0. The van der Waals surface area contributed by atoms with Crippen molar-refractivity contribution in [3.05, 3.63) is 40.4 Å². The second-order valence-corrected chi connectivity index (χ2v) is 5.17. The summed E-state index contributed by atoms with van der Waals surface area (Å²) in [6.07, 6.45) is 4.45. The fourth-order valence-electron chi connectivity index (χ4n) is 1.70. The van der Waals surface area contributed by atoms with E-state index in [0.29, 0.717) is 5.92 Å². The first kappa shape index (κ1) is 13.5. The van der Waals surface area contributed by atoms with Gasteiger partial charge in [0.15, 0.2) is 0 Å². The highest BCUT2D eigenvalue weighted by Gasteiger charge is 2.05. The van der Waals surface area contributed by atoms with E-state index < -0.39 is 0 Å². The Bertz CT molecular complexity index is 338. The minimum atomic E-state index is 0.555. The van der Waals surface area contributed by atoms with Gasteiger partial charge >= 0.3 is 0 Å². The van der Waals surface area contributed by atoms with Gasteiger partial charge in [-0.15, -0.1) is 0 Å². The van der Waals surface area contributed by atoms with E-state index in [1.165, 1.54) is 11.1 Å². The minimum absolute atomic E-state index is 0.555. The number of hydrogen-bond acceptors (Lipinski definition) is 1. The van der Waals surface area contributed by atoms with Gasteiger partial charge in [0, 0.05) is 4.47 Å². The van der Waals surface area contributed by atoms with Crippen LogP contribution in [-0.4, -0.2) is 6.54 Å². The largest absolute Gasteiger partial charge is 0.330 e. The highest BCUT2D eigenvalue weighted by molar-refractivity contribution is 9.10. The van der Waals surface area contributed by atoms with Crippen molar-refractivity contribution in [1.82, 2.24) is 0 Å². The maximum Gasteiger partial charge on any atom is 0.0175 e. The summed E-state index contributed by atoms with van der Waals surface area (Å²) in [5.74, 6) is 0.555. The van der Waals surface area contributed by atoms with E-state index in [1.807, 2.05) is 0 Å². The lowest BCUT2D eigenvalue weighted by Gasteiger charge is -2.12. The van der Waals surface area contributed by atoms with Gasteiger partial charge in [0.1, 0.15) is 0 Å². The summed E-state index contributed by atoms with van der Waals surface area (Å²) in [4.78, 5) is 0. The fourth-order valence-corrected chi connectivity index (χ4v) is 1.97. The predicted octanol–water partition coefficient (Wildman–Crippen LogP) is 4.23. The Kier molecular flexibility index (Phi) is 5.78. The summed E-state index contributed by atoms with van der Waals surface area (Å²) in [7, 11) is 0. The van der Waals surface area contributed by atoms with Gasteiger partial charge in [-0.3, -0.25) is 0 Å². The molecule has 0 atom stereocenters. The van der Waals surface area contributed by atoms with Gasteiger partial charge < -0.3 is 5.73 Å². The van der Waals surface area contributed by atoms with Crippen molar-refractivity contribution in [3.63, 3.8) is 0 Å². The predicted molar refractivity (Wildman–Crippen MR) is 75.2 cm³/mol. The molecule has 0 saturated heterocycles. The molecule has 1 aromatic rings. The van der Waals surface area contributed by atoms with E-state index in [0.717, 1.165) is 23.9 Å². The number of allylic oxidation sites excluding steroid dienone is 2. The number of unbranched alkanes of at least 4 members (excludes halogenated alkanes) is 1. The van der Waals surface area contributed by atoms with Crippen molar-refractivity contribution in [2.45, 2.75) is 26.7 Å². The molecule has 0 aromatic heterocycles. The molecule has 0 saturated carbocycles. The van der Waals surface area contributed by atoms with Crippen LogP contribution in [0.1, 0.15) is 32.3 Å². The molecule has 0 fully saturated rings. The molecule has 16 heavy (non-hydrogen) atoms. The van der Waals surface area contributed by atoms with Gasteiger partial charge in [0.05, 0.1) is 0 Å². The van der Waals surface area contributed by atoms with Crippen molar-refractivity contribution in [2.24, 2.45) is 11.7 Å². The SMILES string of the molecule is CC(C)/C(=C\CCCN)c1ccc(Br)cc1. The Morgan fingerprint density at radius 3 is 2.44 bits per heavy atom. The van der Waals surface area contributed by atoms with Crippen molar-refractivity contribution >= 4 is 21.5 Å². The monoisotopic (exact) mass is 281 g/mol. The molecule has 2 N–H and O–H groups in total. The standard InChI is InChI=1S/C14H20BrN/c1-11(2)14(5-3-4-10-16)12-6-8-13(15)9-7-12/h5-9,11H,3-4,10,16H2,1-2H3/b14-5+. The van der Waals surface area contributed by atoms with Gasteiger partial charge in [-0.05, 0) is 48.6 Å². The number of halogens is 1. The Morgan fingerprint density at radius 1 is 1.31 bits per heavy atom. The van der Waals surface area contributed by atoms with Crippen LogP contribution < -0.4 is 5.73 Å². The molecule has 0 unspecified atom stereocenters. The van der Waals surface area contributed by atoms with E-state index in [2.05, 4.69) is 60.1 Å². The molecule has 0 radical (unpaired) electrons. The molecule has 88 valence electrons. The van der Waals surface area contributed by atoms with Crippen LogP contribution in [0, 0.1) is 5.92 Å². The molecule has 0 aliphatic rings. The third-order valence-electron chi connectivity index (χ3n) is 2.57.